The van der Waals surface area contributed by atoms with Crippen LogP contribution in [0.25, 0.3) is 0 Å². The second kappa shape index (κ2) is 4.49. The zero-order valence-electron chi connectivity index (χ0n) is 3.82. The summed E-state index contributed by atoms with van der Waals surface area (Å²) in [6.45, 7) is 6.25. The van der Waals surface area contributed by atoms with Gasteiger partial charge in [-0.3, -0.25) is 0 Å². The maximum atomic E-state index is 2.08. The van der Waals surface area contributed by atoms with Crippen LogP contribution >= 0.6 is 0 Å². The quantitative estimate of drug-likeness (QED) is 0.421. The van der Waals surface area contributed by atoms with E-state index in [0.29, 0.717) is 0 Å². The maximum absolute atomic E-state index is 2.08. The molecule has 0 aliphatic rings. The van der Waals surface area contributed by atoms with Crippen LogP contribution in [0.4, 0.5) is 0 Å². The zero-order valence-corrected chi connectivity index (χ0v) is 4.80. The van der Waals surface area contributed by atoms with Crippen molar-refractivity contribution in [2.45, 2.75) is 20.8 Å². The summed E-state index contributed by atoms with van der Waals surface area (Å²) in [5.74, 6) is 1.42. The molecule has 0 heterocycles. The van der Waals surface area contributed by atoms with Gasteiger partial charge in [0.25, 0.3) is 0 Å². The molecule has 0 saturated heterocycles. The third-order valence-electron chi connectivity index (χ3n) is 0. The molecule has 0 aromatic rings. The molecule has 1 heteroatoms. The first kappa shape index (κ1) is 9.09. The van der Waals surface area contributed by atoms with Crippen LogP contribution in [-0.4, -0.2) is 0 Å². The summed E-state index contributed by atoms with van der Waals surface area (Å²) in [4.78, 5) is 0. The Morgan fingerprint density at radius 1 is 1.00 bits per heavy atom. The van der Waals surface area contributed by atoms with Gasteiger partial charge in [-0.2, -0.15) is 0 Å². The van der Waals surface area contributed by atoms with E-state index in [2.05, 4.69) is 20.8 Å². The van der Waals surface area contributed by atoms with E-state index in [4.69, 9.17) is 0 Å². The average molecular weight is 116 g/mol. The van der Waals surface area contributed by atoms with E-state index in [1.165, 1.54) is 5.92 Å². The van der Waals surface area contributed by atoms with Gasteiger partial charge in [0.1, 0.15) is 0 Å². The fraction of sp³-hybridized carbons (Fsp3) is 0.750. The van der Waals surface area contributed by atoms with Crippen LogP contribution in [0.2, 0.25) is 0 Å². The van der Waals surface area contributed by atoms with Gasteiger partial charge in [-0.25, -0.2) is 0 Å². The topological polar surface area (TPSA) is 0 Å². The molecular formula is C4H9Ni. The van der Waals surface area contributed by atoms with Crippen LogP contribution in [0.5, 0.6) is 0 Å². The molecule has 0 unspecified atom stereocenters. The van der Waals surface area contributed by atoms with E-state index >= 15 is 0 Å². The van der Waals surface area contributed by atoms with Gasteiger partial charge in [-0.05, 0) is 5.92 Å². The molecule has 0 nitrogen and oxygen atoms in total. The van der Waals surface area contributed by atoms with E-state index in [1.54, 1.807) is 0 Å². The fourth-order valence-electron chi connectivity index (χ4n) is 0. The average Bonchev–Trinajstić information content (AvgIpc) is 0.811. The molecule has 0 saturated carbocycles. The van der Waals surface area contributed by atoms with Gasteiger partial charge >= 0.3 is 0 Å². The van der Waals surface area contributed by atoms with Gasteiger partial charge in [-0.15, -0.1) is 0 Å². The van der Waals surface area contributed by atoms with E-state index in [0.717, 1.165) is 0 Å². The zero-order chi connectivity index (χ0) is 3.58. The minimum atomic E-state index is 0. The summed E-state index contributed by atoms with van der Waals surface area (Å²) in [5.41, 5.74) is 0. The largest absolute Gasteiger partial charge is 0.0597 e. The molecular weight excluding hydrogens is 107 g/mol. The molecule has 0 amide bonds. The second-order valence-electron chi connectivity index (χ2n) is 1.50. The third-order valence-corrected chi connectivity index (χ3v) is 0. The molecule has 0 spiro atoms. The summed E-state index contributed by atoms with van der Waals surface area (Å²) in [5, 5.41) is 0. The minimum absolute atomic E-state index is 0. The van der Waals surface area contributed by atoms with Crippen molar-refractivity contribution in [1.82, 2.24) is 0 Å². The van der Waals surface area contributed by atoms with Gasteiger partial charge in [0.2, 0.25) is 0 Å². The number of rotatable bonds is 0. The van der Waals surface area contributed by atoms with Crippen molar-refractivity contribution in [3.63, 3.8) is 0 Å². The molecule has 0 fully saturated rings. The van der Waals surface area contributed by atoms with E-state index in [-0.39, 0.29) is 16.5 Å². The van der Waals surface area contributed by atoms with Crippen LogP contribution in [0.15, 0.2) is 0 Å². The predicted octanol–water partition coefficient (Wildman–Crippen LogP) is 1.62. The molecule has 35 valence electrons. The third kappa shape index (κ3) is 115. The van der Waals surface area contributed by atoms with E-state index in [9.17, 15) is 0 Å². The Hall–Kier alpha value is 0.494. The molecule has 1 radical (unpaired) electrons. The normalized spacial score (nSPS) is 7.20. The van der Waals surface area contributed by atoms with Crippen LogP contribution in [-0.2, 0) is 16.5 Å². The molecule has 0 aliphatic heterocycles. The molecule has 0 aliphatic carbocycles. The maximum Gasteiger partial charge on any atom is 0 e. The van der Waals surface area contributed by atoms with Gasteiger partial charge in [0.05, 0.1) is 0 Å². The van der Waals surface area contributed by atoms with Crippen LogP contribution in [0, 0.1) is 5.92 Å². The van der Waals surface area contributed by atoms with Gasteiger partial charge in [0, 0.05) is 16.5 Å². The monoisotopic (exact) mass is 115 g/mol. The SMILES string of the molecule is C[C](C)C.[Ni]. The van der Waals surface area contributed by atoms with Gasteiger partial charge in [0.15, 0.2) is 0 Å². The van der Waals surface area contributed by atoms with Crippen molar-refractivity contribution in [2.24, 2.45) is 0 Å². The van der Waals surface area contributed by atoms with Crippen LogP contribution in [0.3, 0.4) is 0 Å². The van der Waals surface area contributed by atoms with Crippen LogP contribution < -0.4 is 0 Å². The number of hydrogen-bond acceptors (Lipinski definition) is 0. The van der Waals surface area contributed by atoms with Crippen molar-refractivity contribution in [2.75, 3.05) is 0 Å². The van der Waals surface area contributed by atoms with Gasteiger partial charge in [-0.1, -0.05) is 20.8 Å². The molecule has 5 heavy (non-hydrogen) atoms. The summed E-state index contributed by atoms with van der Waals surface area (Å²) >= 11 is 0. The Kier molecular flexibility index (Phi) is 8.17. The first-order valence-electron chi connectivity index (χ1n) is 1.50. The molecule has 0 atom stereocenters. The summed E-state index contributed by atoms with van der Waals surface area (Å²) in [6, 6.07) is 0. The molecule has 0 rings (SSSR count). The Bertz CT molecular complexity index is 8.36. The molecule has 0 N–H and O–H groups in total. The van der Waals surface area contributed by atoms with Gasteiger partial charge < -0.3 is 0 Å². The van der Waals surface area contributed by atoms with Crippen molar-refractivity contribution < 1.29 is 16.5 Å². The minimum Gasteiger partial charge on any atom is -0.0597 e. The Balaban J connectivity index is 0. The van der Waals surface area contributed by atoms with Crippen molar-refractivity contribution in [1.29, 1.82) is 0 Å². The van der Waals surface area contributed by atoms with Crippen molar-refractivity contribution in [3.8, 4) is 0 Å². The first-order chi connectivity index (χ1) is 1.73. The standard InChI is InChI=1S/C4H9.Ni/c1-4(2)3;/h1-3H3;. The Morgan fingerprint density at radius 3 is 1.00 bits per heavy atom. The van der Waals surface area contributed by atoms with E-state index in [1.807, 2.05) is 0 Å². The summed E-state index contributed by atoms with van der Waals surface area (Å²) in [6.07, 6.45) is 0. The fourth-order valence-corrected chi connectivity index (χ4v) is 0. The van der Waals surface area contributed by atoms with E-state index < -0.39 is 0 Å². The smallest absolute Gasteiger partial charge is 0 e. The number of hydrogen-bond donors (Lipinski definition) is 0. The van der Waals surface area contributed by atoms with Crippen molar-refractivity contribution >= 4 is 0 Å². The second-order valence-corrected chi connectivity index (χ2v) is 1.50. The molecule has 0 bridgehead atoms. The Labute approximate surface area is 43.9 Å². The Morgan fingerprint density at radius 2 is 1.00 bits per heavy atom. The van der Waals surface area contributed by atoms with Crippen LogP contribution in [0.1, 0.15) is 20.8 Å². The van der Waals surface area contributed by atoms with Crippen molar-refractivity contribution in [3.05, 3.63) is 5.92 Å². The first-order valence-corrected chi connectivity index (χ1v) is 1.50. The molecule has 0 aromatic carbocycles. The molecule has 0 aromatic heterocycles. The summed E-state index contributed by atoms with van der Waals surface area (Å²) < 4.78 is 0. The predicted molar refractivity (Wildman–Crippen MR) is 20.3 cm³/mol. The summed E-state index contributed by atoms with van der Waals surface area (Å²) in [7, 11) is 0.